The van der Waals surface area contributed by atoms with Crippen LogP contribution in [0, 0.1) is 11.8 Å². The third-order valence-electron chi connectivity index (χ3n) is 4.14. The van der Waals surface area contributed by atoms with Gasteiger partial charge in [0.2, 0.25) is 0 Å². The predicted octanol–water partition coefficient (Wildman–Crippen LogP) is 3.11. The number of carbonyl (C=O) groups excluding carboxylic acids is 3. The van der Waals surface area contributed by atoms with Gasteiger partial charge >= 0.3 is 12.0 Å². The number of esters is 1. The van der Waals surface area contributed by atoms with Gasteiger partial charge in [-0.3, -0.25) is 14.9 Å². The molecule has 0 bridgehead atoms. The van der Waals surface area contributed by atoms with E-state index in [-0.39, 0.29) is 5.92 Å². The van der Waals surface area contributed by atoms with Crippen molar-refractivity contribution in [2.45, 2.75) is 40.0 Å². The summed E-state index contributed by atoms with van der Waals surface area (Å²) in [6.45, 7) is 6.53. The average Bonchev–Trinajstić information content (AvgIpc) is 3.40. The first-order valence-corrected chi connectivity index (χ1v) is 9.61. The van der Waals surface area contributed by atoms with Crippen LogP contribution in [0.2, 0.25) is 0 Å². The lowest BCUT2D eigenvalue weighted by Crippen LogP contribution is -2.37. The molecule has 0 unspecified atom stereocenters. The Morgan fingerprint density at radius 3 is 2.32 bits per heavy atom. The van der Waals surface area contributed by atoms with Gasteiger partial charge in [-0.2, -0.15) is 0 Å². The van der Waals surface area contributed by atoms with Crippen molar-refractivity contribution in [2.24, 2.45) is 11.8 Å². The number of hydrogen-bond donors (Lipinski definition) is 2. The van der Waals surface area contributed by atoms with Crippen LogP contribution in [0.4, 0.5) is 10.5 Å². The Hall–Kier alpha value is -2.77. The van der Waals surface area contributed by atoms with Gasteiger partial charge in [0, 0.05) is 11.8 Å². The second-order valence-electron chi connectivity index (χ2n) is 6.79. The molecule has 1 aromatic carbocycles. The summed E-state index contributed by atoms with van der Waals surface area (Å²) in [5.74, 6) is 0.197. The molecule has 8 nitrogen and oxygen atoms in total. The molecule has 0 saturated heterocycles. The highest BCUT2D eigenvalue weighted by Crippen LogP contribution is 2.38. The van der Waals surface area contributed by atoms with E-state index in [2.05, 4.69) is 10.6 Å². The molecule has 0 spiro atoms. The fraction of sp³-hybridized carbons (Fsp3) is 0.550. The number of nitrogens with one attached hydrogen (secondary N) is 2. The van der Waals surface area contributed by atoms with Crippen LogP contribution >= 0.6 is 0 Å². The topological polar surface area (TPSA) is 103 Å². The highest BCUT2D eigenvalue weighted by molar-refractivity contribution is 6.02. The summed E-state index contributed by atoms with van der Waals surface area (Å²) in [6.07, 6.45) is 2.47. The molecule has 0 aliphatic heterocycles. The fourth-order valence-electron chi connectivity index (χ4n) is 2.46. The number of rotatable bonds is 10. The van der Waals surface area contributed by atoms with Crippen molar-refractivity contribution < 1.29 is 28.6 Å². The van der Waals surface area contributed by atoms with E-state index < -0.39 is 24.5 Å². The van der Waals surface area contributed by atoms with E-state index >= 15 is 0 Å². The summed E-state index contributed by atoms with van der Waals surface area (Å²) in [5, 5.41) is 4.68. The summed E-state index contributed by atoms with van der Waals surface area (Å²) in [7, 11) is 0. The Kier molecular flexibility index (Phi) is 8.10. The Morgan fingerprint density at radius 1 is 1.07 bits per heavy atom. The fourth-order valence-corrected chi connectivity index (χ4v) is 2.46. The van der Waals surface area contributed by atoms with Crippen molar-refractivity contribution in [3.63, 3.8) is 0 Å². The van der Waals surface area contributed by atoms with E-state index in [0.717, 1.165) is 19.3 Å². The van der Waals surface area contributed by atoms with Gasteiger partial charge in [-0.1, -0.05) is 20.8 Å². The van der Waals surface area contributed by atoms with Crippen molar-refractivity contribution in [3.8, 4) is 11.5 Å². The molecule has 1 aliphatic rings. The third kappa shape index (κ3) is 6.75. The zero-order valence-electron chi connectivity index (χ0n) is 16.6. The third-order valence-corrected chi connectivity index (χ3v) is 4.14. The molecule has 0 aromatic heterocycles. The molecule has 3 amide bonds. The molecule has 0 radical (unpaired) electrons. The number of anilines is 1. The Balaban J connectivity index is 1.85. The molecule has 1 fully saturated rings. The zero-order chi connectivity index (χ0) is 20.5. The molecule has 1 saturated carbocycles. The minimum Gasteiger partial charge on any atom is -0.490 e. The van der Waals surface area contributed by atoms with Gasteiger partial charge in [0.15, 0.2) is 18.1 Å². The first kappa shape index (κ1) is 21.5. The van der Waals surface area contributed by atoms with Gasteiger partial charge in [0.25, 0.3) is 5.91 Å². The van der Waals surface area contributed by atoms with E-state index in [0.29, 0.717) is 36.3 Å². The SMILES string of the molecule is CCCOc1ccc(NC(=O)NC(=O)COC(=O)[C@H]2C[C@H]2C)cc1OCCC. The van der Waals surface area contributed by atoms with E-state index in [4.69, 9.17) is 14.2 Å². The maximum atomic E-state index is 12.0. The summed E-state index contributed by atoms with van der Waals surface area (Å²) in [4.78, 5) is 35.4. The molecule has 1 aromatic rings. The van der Waals surface area contributed by atoms with E-state index in [9.17, 15) is 14.4 Å². The van der Waals surface area contributed by atoms with Crippen LogP contribution < -0.4 is 20.1 Å². The lowest BCUT2D eigenvalue weighted by Gasteiger charge is -2.14. The van der Waals surface area contributed by atoms with Crippen LogP contribution in [-0.2, 0) is 14.3 Å². The molecule has 2 atom stereocenters. The molecule has 1 aliphatic carbocycles. The van der Waals surface area contributed by atoms with Crippen molar-refractivity contribution in [3.05, 3.63) is 18.2 Å². The molecular weight excluding hydrogens is 364 g/mol. The summed E-state index contributed by atoms with van der Waals surface area (Å²) in [5.41, 5.74) is 0.448. The van der Waals surface area contributed by atoms with Crippen LogP contribution in [0.5, 0.6) is 11.5 Å². The molecular formula is C20H28N2O6. The minimum absolute atomic E-state index is 0.128. The molecule has 0 heterocycles. The number of ether oxygens (including phenoxy) is 3. The van der Waals surface area contributed by atoms with Gasteiger partial charge in [-0.05, 0) is 37.3 Å². The smallest absolute Gasteiger partial charge is 0.325 e. The number of imide groups is 1. The van der Waals surface area contributed by atoms with Crippen LogP contribution in [0.3, 0.4) is 0 Å². The quantitative estimate of drug-likeness (QED) is 0.593. The number of hydrogen-bond acceptors (Lipinski definition) is 6. The average molecular weight is 392 g/mol. The second-order valence-corrected chi connectivity index (χ2v) is 6.79. The standard InChI is InChI=1S/C20H28N2O6/c1-4-8-26-16-7-6-14(11-17(16)27-9-5-2)21-20(25)22-18(23)12-28-19(24)15-10-13(15)3/h6-7,11,13,15H,4-5,8-10,12H2,1-3H3,(H2,21,22,23,25)/t13-,15+/m1/s1. The Labute approximate surface area is 164 Å². The Morgan fingerprint density at radius 2 is 1.71 bits per heavy atom. The maximum Gasteiger partial charge on any atom is 0.325 e. The van der Waals surface area contributed by atoms with Crippen molar-refractivity contribution in [1.82, 2.24) is 5.32 Å². The molecule has 154 valence electrons. The highest BCUT2D eigenvalue weighted by atomic mass is 16.5. The molecule has 8 heteroatoms. The summed E-state index contributed by atoms with van der Waals surface area (Å²) >= 11 is 0. The van der Waals surface area contributed by atoms with Crippen molar-refractivity contribution in [2.75, 3.05) is 25.1 Å². The normalized spacial score (nSPS) is 17.4. The molecule has 28 heavy (non-hydrogen) atoms. The van der Waals surface area contributed by atoms with Gasteiger partial charge < -0.3 is 19.5 Å². The number of urea groups is 1. The van der Waals surface area contributed by atoms with E-state index in [1.54, 1.807) is 18.2 Å². The first-order valence-electron chi connectivity index (χ1n) is 9.61. The minimum atomic E-state index is -0.718. The monoisotopic (exact) mass is 392 g/mol. The summed E-state index contributed by atoms with van der Waals surface area (Å²) < 4.78 is 16.2. The van der Waals surface area contributed by atoms with Crippen LogP contribution in [0.1, 0.15) is 40.0 Å². The molecule has 2 N–H and O–H groups in total. The lowest BCUT2D eigenvalue weighted by atomic mass is 10.2. The van der Waals surface area contributed by atoms with Crippen LogP contribution in [-0.4, -0.2) is 37.7 Å². The number of carbonyl (C=O) groups is 3. The highest BCUT2D eigenvalue weighted by Gasteiger charge is 2.40. The maximum absolute atomic E-state index is 12.0. The second kappa shape index (κ2) is 10.5. The van der Waals surface area contributed by atoms with E-state index in [1.165, 1.54) is 0 Å². The zero-order valence-corrected chi connectivity index (χ0v) is 16.6. The van der Waals surface area contributed by atoms with Gasteiger partial charge in [-0.15, -0.1) is 0 Å². The van der Waals surface area contributed by atoms with Gasteiger partial charge in [0.1, 0.15) is 0 Å². The number of amides is 3. The van der Waals surface area contributed by atoms with Crippen LogP contribution in [0.25, 0.3) is 0 Å². The first-order chi connectivity index (χ1) is 13.4. The predicted molar refractivity (Wildman–Crippen MR) is 103 cm³/mol. The summed E-state index contributed by atoms with van der Waals surface area (Å²) in [6, 6.07) is 4.28. The van der Waals surface area contributed by atoms with Gasteiger partial charge in [-0.25, -0.2) is 4.79 Å². The largest absolute Gasteiger partial charge is 0.490 e. The van der Waals surface area contributed by atoms with Crippen molar-refractivity contribution >= 4 is 23.6 Å². The van der Waals surface area contributed by atoms with Gasteiger partial charge in [0.05, 0.1) is 19.1 Å². The van der Waals surface area contributed by atoms with Crippen molar-refractivity contribution in [1.29, 1.82) is 0 Å². The number of benzene rings is 1. The lowest BCUT2D eigenvalue weighted by molar-refractivity contribution is -0.149. The van der Waals surface area contributed by atoms with Crippen LogP contribution in [0.15, 0.2) is 18.2 Å². The Bertz CT molecular complexity index is 706. The van der Waals surface area contributed by atoms with E-state index in [1.807, 2.05) is 20.8 Å². The molecule has 2 rings (SSSR count).